The van der Waals surface area contributed by atoms with Crippen LogP contribution in [0.1, 0.15) is 23.1 Å². The average Bonchev–Trinajstić information content (AvgIpc) is 2.89. The van der Waals surface area contributed by atoms with Gasteiger partial charge < -0.3 is 4.90 Å². The number of hydrogen-bond donors (Lipinski definition) is 1. The van der Waals surface area contributed by atoms with Crippen LogP contribution in [0.25, 0.3) is 5.57 Å². The summed E-state index contributed by atoms with van der Waals surface area (Å²) in [5.41, 5.74) is 3.12. The largest absolute Gasteiger partial charge is 0.301 e. The first-order valence-electron chi connectivity index (χ1n) is 7.33. The molecule has 0 radical (unpaired) electrons. The fraction of sp³-hybridized carbons (Fsp3) is 0.294. The van der Waals surface area contributed by atoms with E-state index in [2.05, 4.69) is 22.2 Å². The third kappa shape index (κ3) is 3.43. The van der Waals surface area contributed by atoms with Crippen molar-refractivity contribution in [3.05, 3.63) is 52.5 Å². The van der Waals surface area contributed by atoms with Gasteiger partial charge in [-0.1, -0.05) is 30.3 Å². The topological polar surface area (TPSA) is 45.2 Å². The molecule has 0 unspecified atom stereocenters. The number of carbonyl (C=O) groups is 1. The molecule has 114 valence electrons. The summed E-state index contributed by atoms with van der Waals surface area (Å²) >= 11 is 1.58. The Morgan fingerprint density at radius 3 is 2.91 bits per heavy atom. The molecule has 0 aliphatic carbocycles. The van der Waals surface area contributed by atoms with Crippen molar-refractivity contribution in [1.29, 1.82) is 0 Å². The highest BCUT2D eigenvalue weighted by Gasteiger charge is 2.18. The van der Waals surface area contributed by atoms with Gasteiger partial charge in [-0.15, -0.1) is 11.3 Å². The minimum absolute atomic E-state index is 0.124. The van der Waals surface area contributed by atoms with Gasteiger partial charge in [0.15, 0.2) is 5.13 Å². The highest BCUT2D eigenvalue weighted by atomic mass is 32.1. The monoisotopic (exact) mass is 313 g/mol. The van der Waals surface area contributed by atoms with Gasteiger partial charge in [0.2, 0.25) is 5.91 Å². The van der Waals surface area contributed by atoms with Gasteiger partial charge in [0.25, 0.3) is 0 Å². The smallest absolute Gasteiger partial charge is 0.250 e. The van der Waals surface area contributed by atoms with Gasteiger partial charge in [0, 0.05) is 30.5 Å². The number of nitrogens with one attached hydrogen (secondary N) is 1. The number of rotatable bonds is 3. The zero-order chi connectivity index (χ0) is 15.5. The summed E-state index contributed by atoms with van der Waals surface area (Å²) in [5.74, 6) is -0.124. The van der Waals surface area contributed by atoms with Crippen LogP contribution in [0.15, 0.2) is 36.4 Å². The standard InChI is InChI=1S/C17H19N3OS/c1-12(13-6-4-3-5-7-13)10-16(21)19-17-18-14-8-9-20(2)11-15(14)22-17/h3-7,10H,8-9,11H2,1-2H3,(H,18,19,21)/b12-10+. The van der Waals surface area contributed by atoms with E-state index < -0.39 is 0 Å². The van der Waals surface area contributed by atoms with E-state index in [-0.39, 0.29) is 5.91 Å². The second kappa shape index (κ2) is 6.42. The minimum atomic E-state index is -0.124. The number of allylic oxidation sites excluding steroid dienone is 1. The molecule has 1 N–H and O–H groups in total. The Labute approximate surface area is 134 Å². The summed E-state index contributed by atoms with van der Waals surface area (Å²) in [6.07, 6.45) is 2.58. The maximum Gasteiger partial charge on any atom is 0.250 e. The highest BCUT2D eigenvalue weighted by molar-refractivity contribution is 7.15. The van der Waals surface area contributed by atoms with E-state index in [0.29, 0.717) is 5.13 Å². The van der Waals surface area contributed by atoms with Gasteiger partial charge in [-0.25, -0.2) is 4.98 Å². The van der Waals surface area contributed by atoms with E-state index in [1.54, 1.807) is 17.4 Å². The molecule has 0 fully saturated rings. The number of hydrogen-bond acceptors (Lipinski definition) is 4. The lowest BCUT2D eigenvalue weighted by Crippen LogP contribution is -2.25. The van der Waals surface area contributed by atoms with Gasteiger partial charge >= 0.3 is 0 Å². The number of amides is 1. The van der Waals surface area contributed by atoms with Gasteiger partial charge in [0.05, 0.1) is 5.69 Å². The van der Waals surface area contributed by atoms with Gasteiger partial charge in [-0.3, -0.25) is 10.1 Å². The van der Waals surface area contributed by atoms with E-state index >= 15 is 0 Å². The lowest BCUT2D eigenvalue weighted by Gasteiger charge is -2.20. The van der Waals surface area contributed by atoms with Gasteiger partial charge in [-0.05, 0) is 25.1 Å². The van der Waals surface area contributed by atoms with Crippen LogP contribution in [0, 0.1) is 0 Å². The number of anilines is 1. The molecular formula is C17H19N3OS. The quantitative estimate of drug-likeness (QED) is 0.885. The summed E-state index contributed by atoms with van der Waals surface area (Å²) in [6.45, 7) is 3.88. The molecule has 3 rings (SSSR count). The molecule has 1 aromatic heterocycles. The summed E-state index contributed by atoms with van der Waals surface area (Å²) < 4.78 is 0. The molecule has 1 aliphatic rings. The van der Waals surface area contributed by atoms with Crippen LogP contribution < -0.4 is 5.32 Å². The molecule has 0 spiro atoms. The third-order valence-electron chi connectivity index (χ3n) is 3.73. The van der Waals surface area contributed by atoms with E-state index in [4.69, 9.17) is 0 Å². The van der Waals surface area contributed by atoms with Gasteiger partial charge in [0.1, 0.15) is 0 Å². The number of nitrogens with zero attached hydrogens (tertiary/aromatic N) is 2. The van der Waals surface area contributed by atoms with Crippen molar-refractivity contribution in [2.45, 2.75) is 19.9 Å². The lowest BCUT2D eigenvalue weighted by molar-refractivity contribution is -0.111. The van der Waals surface area contributed by atoms with Crippen LogP contribution in [0.5, 0.6) is 0 Å². The first-order valence-corrected chi connectivity index (χ1v) is 8.15. The summed E-state index contributed by atoms with van der Waals surface area (Å²) in [7, 11) is 2.10. The predicted molar refractivity (Wildman–Crippen MR) is 90.9 cm³/mol. The molecule has 5 heteroatoms. The molecule has 1 aliphatic heterocycles. The fourth-order valence-electron chi connectivity index (χ4n) is 2.50. The Bertz CT molecular complexity index is 706. The van der Waals surface area contributed by atoms with Crippen molar-refractivity contribution in [2.75, 3.05) is 18.9 Å². The molecule has 0 saturated heterocycles. The number of thiazole rings is 1. The predicted octanol–water partition coefficient (Wildman–Crippen LogP) is 3.17. The Morgan fingerprint density at radius 2 is 2.14 bits per heavy atom. The Morgan fingerprint density at radius 1 is 1.36 bits per heavy atom. The minimum Gasteiger partial charge on any atom is -0.301 e. The number of benzene rings is 1. The molecule has 0 bridgehead atoms. The van der Waals surface area contributed by atoms with Crippen LogP contribution in [0.4, 0.5) is 5.13 Å². The summed E-state index contributed by atoms with van der Waals surface area (Å²) in [6, 6.07) is 9.90. The zero-order valence-corrected chi connectivity index (χ0v) is 13.6. The Balaban J connectivity index is 1.70. The van der Waals surface area contributed by atoms with Crippen LogP contribution in [-0.4, -0.2) is 29.4 Å². The van der Waals surface area contributed by atoms with Crippen LogP contribution in [-0.2, 0) is 17.8 Å². The molecule has 0 saturated carbocycles. The average molecular weight is 313 g/mol. The first-order chi connectivity index (χ1) is 10.6. The maximum absolute atomic E-state index is 12.1. The molecule has 1 amide bonds. The summed E-state index contributed by atoms with van der Waals surface area (Å²) in [4.78, 5) is 20.2. The molecule has 2 aromatic rings. The SMILES string of the molecule is C/C(=C\C(=O)Nc1nc2c(s1)CN(C)CC2)c1ccccc1. The normalized spacial score (nSPS) is 15.5. The van der Waals surface area contributed by atoms with Crippen LogP contribution in [0.2, 0.25) is 0 Å². The Kier molecular flexibility index (Phi) is 4.36. The Hall–Kier alpha value is -1.98. The molecule has 1 aromatic carbocycles. The first kappa shape index (κ1) is 14.9. The van der Waals surface area contributed by atoms with E-state index in [1.165, 1.54) is 4.88 Å². The van der Waals surface area contributed by atoms with E-state index in [1.807, 2.05) is 37.3 Å². The molecular weight excluding hydrogens is 294 g/mol. The van der Waals surface area contributed by atoms with Crippen molar-refractivity contribution in [2.24, 2.45) is 0 Å². The highest BCUT2D eigenvalue weighted by Crippen LogP contribution is 2.27. The second-order valence-corrected chi connectivity index (χ2v) is 6.64. The van der Waals surface area contributed by atoms with Gasteiger partial charge in [-0.2, -0.15) is 0 Å². The zero-order valence-electron chi connectivity index (χ0n) is 12.8. The van der Waals surface area contributed by atoms with Crippen molar-refractivity contribution in [3.8, 4) is 0 Å². The maximum atomic E-state index is 12.1. The van der Waals surface area contributed by atoms with Crippen molar-refractivity contribution in [1.82, 2.24) is 9.88 Å². The molecule has 4 nitrogen and oxygen atoms in total. The van der Waals surface area contributed by atoms with E-state index in [0.717, 1.165) is 36.3 Å². The number of fused-ring (bicyclic) bond motifs is 1. The van der Waals surface area contributed by atoms with Crippen molar-refractivity contribution in [3.63, 3.8) is 0 Å². The molecule has 2 heterocycles. The van der Waals surface area contributed by atoms with Crippen LogP contribution >= 0.6 is 11.3 Å². The number of aromatic nitrogens is 1. The molecule has 0 atom stereocenters. The molecule has 22 heavy (non-hydrogen) atoms. The number of likely N-dealkylation sites (N-methyl/N-ethyl adjacent to an activating group) is 1. The number of carbonyl (C=O) groups excluding carboxylic acids is 1. The van der Waals surface area contributed by atoms with Crippen LogP contribution in [0.3, 0.4) is 0 Å². The lowest BCUT2D eigenvalue weighted by atomic mass is 10.1. The summed E-state index contributed by atoms with van der Waals surface area (Å²) in [5, 5.41) is 3.58. The van der Waals surface area contributed by atoms with Crippen molar-refractivity contribution >= 4 is 27.9 Å². The second-order valence-electron chi connectivity index (χ2n) is 5.56. The van der Waals surface area contributed by atoms with E-state index in [9.17, 15) is 4.79 Å². The third-order valence-corrected chi connectivity index (χ3v) is 4.73. The van der Waals surface area contributed by atoms with Crippen molar-refractivity contribution < 1.29 is 4.79 Å². The fourth-order valence-corrected chi connectivity index (χ4v) is 3.59.